The van der Waals surface area contributed by atoms with E-state index < -0.39 is 0 Å². The number of amides is 1. The van der Waals surface area contributed by atoms with Gasteiger partial charge in [-0.05, 0) is 40.9 Å². The Balaban J connectivity index is 1.84. The van der Waals surface area contributed by atoms with Crippen molar-refractivity contribution in [2.45, 2.75) is 5.16 Å². The molecule has 3 aromatic rings. The van der Waals surface area contributed by atoms with E-state index in [1.807, 2.05) is 12.3 Å². The SMILES string of the molecule is CSc1nnnn1-c1cccc(NC(=O)c2cnc(Cl)c(Cl)c2)c1. The summed E-state index contributed by atoms with van der Waals surface area (Å²) in [5.41, 5.74) is 1.63. The number of pyridine rings is 1. The maximum absolute atomic E-state index is 12.3. The molecule has 0 unspecified atom stereocenters. The number of aromatic nitrogens is 5. The van der Waals surface area contributed by atoms with Gasteiger partial charge in [0.2, 0.25) is 5.16 Å². The van der Waals surface area contributed by atoms with Gasteiger partial charge in [-0.3, -0.25) is 4.79 Å². The van der Waals surface area contributed by atoms with Crippen LogP contribution in [-0.2, 0) is 0 Å². The third-order valence-electron chi connectivity index (χ3n) is 3.03. The lowest BCUT2D eigenvalue weighted by Gasteiger charge is -2.08. The number of thioether (sulfide) groups is 1. The largest absolute Gasteiger partial charge is 0.322 e. The van der Waals surface area contributed by atoms with E-state index in [1.54, 1.807) is 22.9 Å². The molecule has 10 heteroatoms. The highest BCUT2D eigenvalue weighted by atomic mass is 35.5. The Kier molecular flexibility index (Phi) is 4.98. The molecule has 0 bridgehead atoms. The maximum Gasteiger partial charge on any atom is 0.257 e. The fourth-order valence-corrected chi connectivity index (χ4v) is 2.64. The zero-order valence-electron chi connectivity index (χ0n) is 12.3. The van der Waals surface area contributed by atoms with Gasteiger partial charge in [-0.15, -0.1) is 5.10 Å². The lowest BCUT2D eigenvalue weighted by atomic mass is 10.2. The summed E-state index contributed by atoms with van der Waals surface area (Å²) in [6, 6.07) is 8.62. The van der Waals surface area contributed by atoms with E-state index in [1.165, 1.54) is 24.0 Å². The fraction of sp³-hybridized carbons (Fsp3) is 0.0714. The van der Waals surface area contributed by atoms with Gasteiger partial charge >= 0.3 is 0 Å². The van der Waals surface area contributed by atoms with Crippen LogP contribution in [0, 0.1) is 0 Å². The number of hydrogen-bond donors (Lipinski definition) is 1. The molecular weight excluding hydrogens is 371 g/mol. The summed E-state index contributed by atoms with van der Waals surface area (Å²) in [5, 5.41) is 15.3. The lowest BCUT2D eigenvalue weighted by Crippen LogP contribution is -2.12. The standard InChI is InChI=1S/C14H10Cl2N6OS/c1-24-14-19-20-21-22(14)10-4-2-3-9(6-10)18-13(23)8-5-11(15)12(16)17-7-8/h2-7H,1H3,(H,18,23). The number of anilines is 1. The molecule has 2 heterocycles. The fourth-order valence-electron chi connectivity index (χ4n) is 1.93. The summed E-state index contributed by atoms with van der Waals surface area (Å²) < 4.78 is 1.58. The lowest BCUT2D eigenvalue weighted by molar-refractivity contribution is 0.102. The van der Waals surface area contributed by atoms with Crippen molar-refractivity contribution in [3.8, 4) is 5.69 Å². The first-order chi connectivity index (χ1) is 11.6. The van der Waals surface area contributed by atoms with Crippen LogP contribution < -0.4 is 5.32 Å². The predicted molar refractivity (Wildman–Crippen MR) is 93.1 cm³/mol. The highest BCUT2D eigenvalue weighted by Gasteiger charge is 2.11. The highest BCUT2D eigenvalue weighted by Crippen LogP contribution is 2.22. The van der Waals surface area contributed by atoms with Crippen LogP contribution >= 0.6 is 35.0 Å². The second kappa shape index (κ2) is 7.16. The van der Waals surface area contributed by atoms with Gasteiger partial charge in [0.1, 0.15) is 5.15 Å². The van der Waals surface area contributed by atoms with E-state index in [4.69, 9.17) is 23.2 Å². The normalized spacial score (nSPS) is 10.6. The van der Waals surface area contributed by atoms with Gasteiger partial charge < -0.3 is 5.32 Å². The Morgan fingerprint density at radius 3 is 2.88 bits per heavy atom. The summed E-state index contributed by atoms with van der Waals surface area (Å²) in [7, 11) is 0. The van der Waals surface area contributed by atoms with Crippen LogP contribution in [0.1, 0.15) is 10.4 Å². The molecule has 1 aromatic carbocycles. The molecule has 1 amide bonds. The van der Waals surface area contributed by atoms with Gasteiger partial charge in [-0.25, -0.2) is 4.98 Å². The number of nitrogens with one attached hydrogen (secondary N) is 1. The molecule has 122 valence electrons. The number of carbonyl (C=O) groups excluding carboxylic acids is 1. The van der Waals surface area contributed by atoms with Crippen molar-refractivity contribution in [3.63, 3.8) is 0 Å². The maximum atomic E-state index is 12.3. The summed E-state index contributed by atoms with van der Waals surface area (Å²) in [4.78, 5) is 16.2. The molecular formula is C14H10Cl2N6OS. The van der Waals surface area contributed by atoms with Crippen LogP contribution in [0.15, 0.2) is 41.7 Å². The van der Waals surface area contributed by atoms with E-state index in [2.05, 4.69) is 25.8 Å². The minimum absolute atomic E-state index is 0.151. The average molecular weight is 381 g/mol. The summed E-state index contributed by atoms with van der Waals surface area (Å²) in [5.74, 6) is -0.347. The molecule has 3 rings (SSSR count). The van der Waals surface area contributed by atoms with Gasteiger partial charge in [-0.1, -0.05) is 41.0 Å². The molecule has 0 aliphatic carbocycles. The molecule has 0 saturated carbocycles. The third kappa shape index (κ3) is 3.50. The zero-order chi connectivity index (χ0) is 17.1. The van der Waals surface area contributed by atoms with Gasteiger partial charge in [0.15, 0.2) is 0 Å². The predicted octanol–water partition coefficient (Wildman–Crippen LogP) is 3.34. The van der Waals surface area contributed by atoms with E-state index in [-0.39, 0.29) is 16.1 Å². The molecule has 1 N–H and O–H groups in total. The quantitative estimate of drug-likeness (QED) is 0.551. The Hall–Kier alpha value is -2.16. The Morgan fingerprint density at radius 1 is 1.29 bits per heavy atom. The van der Waals surface area contributed by atoms with E-state index in [9.17, 15) is 4.79 Å². The van der Waals surface area contributed by atoms with Crippen LogP contribution in [0.2, 0.25) is 10.2 Å². The Labute approximate surface area is 151 Å². The molecule has 0 radical (unpaired) electrons. The van der Waals surface area contributed by atoms with Crippen LogP contribution in [0.4, 0.5) is 5.69 Å². The molecule has 0 aliphatic rings. The van der Waals surface area contributed by atoms with Gasteiger partial charge in [0.05, 0.1) is 16.3 Å². The summed E-state index contributed by atoms with van der Waals surface area (Å²) in [6.07, 6.45) is 3.24. The second-order valence-electron chi connectivity index (χ2n) is 4.58. The molecule has 2 aromatic heterocycles. The topological polar surface area (TPSA) is 85.6 Å². The minimum Gasteiger partial charge on any atom is -0.322 e. The summed E-state index contributed by atoms with van der Waals surface area (Å²) in [6.45, 7) is 0. The van der Waals surface area contributed by atoms with E-state index in [0.29, 0.717) is 16.4 Å². The number of nitrogens with zero attached hydrogens (tertiary/aromatic N) is 5. The monoisotopic (exact) mass is 380 g/mol. The Morgan fingerprint density at radius 2 is 2.12 bits per heavy atom. The molecule has 0 fully saturated rings. The van der Waals surface area contributed by atoms with Crippen LogP contribution in [0.5, 0.6) is 0 Å². The number of carbonyl (C=O) groups is 1. The van der Waals surface area contributed by atoms with Crippen LogP contribution in [0.3, 0.4) is 0 Å². The van der Waals surface area contributed by atoms with Gasteiger partial charge in [0, 0.05) is 11.9 Å². The van der Waals surface area contributed by atoms with E-state index >= 15 is 0 Å². The van der Waals surface area contributed by atoms with Crippen molar-refractivity contribution in [3.05, 3.63) is 52.3 Å². The molecule has 0 aliphatic heterocycles. The van der Waals surface area contributed by atoms with Crippen molar-refractivity contribution in [1.29, 1.82) is 0 Å². The number of halogens is 2. The first kappa shape index (κ1) is 16.7. The molecule has 0 saturated heterocycles. The van der Waals surface area contributed by atoms with Crippen molar-refractivity contribution in [2.75, 3.05) is 11.6 Å². The average Bonchev–Trinajstić information content (AvgIpc) is 3.06. The minimum atomic E-state index is -0.347. The zero-order valence-corrected chi connectivity index (χ0v) is 14.6. The first-order valence-corrected chi connectivity index (χ1v) is 8.62. The highest BCUT2D eigenvalue weighted by molar-refractivity contribution is 7.98. The van der Waals surface area contributed by atoms with Crippen molar-refractivity contribution >= 4 is 46.6 Å². The number of rotatable bonds is 4. The first-order valence-electron chi connectivity index (χ1n) is 6.63. The van der Waals surface area contributed by atoms with Crippen molar-refractivity contribution < 1.29 is 4.79 Å². The van der Waals surface area contributed by atoms with Crippen molar-refractivity contribution in [2.24, 2.45) is 0 Å². The third-order valence-corrected chi connectivity index (χ3v) is 4.34. The molecule has 0 atom stereocenters. The molecule has 7 nitrogen and oxygen atoms in total. The van der Waals surface area contributed by atoms with Crippen LogP contribution in [-0.4, -0.2) is 37.4 Å². The number of benzene rings is 1. The smallest absolute Gasteiger partial charge is 0.257 e. The number of hydrogen-bond acceptors (Lipinski definition) is 6. The molecule has 24 heavy (non-hydrogen) atoms. The molecule has 0 spiro atoms. The summed E-state index contributed by atoms with van der Waals surface area (Å²) >= 11 is 13.1. The van der Waals surface area contributed by atoms with Gasteiger partial charge in [0.25, 0.3) is 5.91 Å². The Bertz CT molecular complexity index is 900. The van der Waals surface area contributed by atoms with Crippen LogP contribution in [0.25, 0.3) is 5.69 Å². The second-order valence-corrected chi connectivity index (χ2v) is 6.12. The van der Waals surface area contributed by atoms with Crippen molar-refractivity contribution in [1.82, 2.24) is 25.2 Å². The number of tetrazole rings is 1. The van der Waals surface area contributed by atoms with Gasteiger partial charge in [-0.2, -0.15) is 4.68 Å². The van der Waals surface area contributed by atoms with E-state index in [0.717, 1.165) is 5.69 Å².